The Morgan fingerprint density at radius 3 is 2.90 bits per heavy atom. The fourth-order valence-electron chi connectivity index (χ4n) is 1.75. The van der Waals surface area contributed by atoms with Crippen molar-refractivity contribution in [1.82, 2.24) is 9.97 Å². The quantitative estimate of drug-likeness (QED) is 0.664. The van der Waals surface area contributed by atoms with Gasteiger partial charge in [-0.2, -0.15) is 0 Å². The van der Waals surface area contributed by atoms with Crippen molar-refractivity contribution in [2.75, 3.05) is 12.4 Å². The van der Waals surface area contributed by atoms with Crippen molar-refractivity contribution < 1.29 is 9.66 Å². The molecule has 104 valence electrons. The minimum Gasteiger partial charge on any atom is -0.481 e. The van der Waals surface area contributed by atoms with Gasteiger partial charge in [0.25, 0.3) is 0 Å². The molecule has 0 unspecified atom stereocenters. The van der Waals surface area contributed by atoms with Crippen molar-refractivity contribution in [3.8, 4) is 5.88 Å². The average molecular weight is 274 g/mol. The Morgan fingerprint density at radius 2 is 2.20 bits per heavy atom. The number of nitro groups is 1. The van der Waals surface area contributed by atoms with E-state index in [0.717, 1.165) is 5.56 Å². The van der Waals surface area contributed by atoms with Gasteiger partial charge in [0.05, 0.1) is 12.0 Å². The van der Waals surface area contributed by atoms with Gasteiger partial charge >= 0.3 is 5.69 Å². The van der Waals surface area contributed by atoms with Crippen molar-refractivity contribution in [2.45, 2.75) is 13.5 Å². The third kappa shape index (κ3) is 3.00. The second-order valence-electron chi connectivity index (χ2n) is 4.10. The van der Waals surface area contributed by atoms with Gasteiger partial charge in [-0.25, -0.2) is 9.97 Å². The predicted molar refractivity (Wildman–Crippen MR) is 73.7 cm³/mol. The largest absolute Gasteiger partial charge is 0.481 e. The lowest BCUT2D eigenvalue weighted by Crippen LogP contribution is -2.07. The molecule has 0 saturated carbocycles. The normalized spacial score (nSPS) is 10.1. The highest BCUT2D eigenvalue weighted by Crippen LogP contribution is 2.23. The van der Waals surface area contributed by atoms with Crippen LogP contribution in [-0.2, 0) is 6.54 Å². The van der Waals surface area contributed by atoms with Crippen molar-refractivity contribution in [3.05, 3.63) is 51.8 Å². The number of hydrogen-bond donors (Lipinski definition) is 1. The molecule has 0 aliphatic carbocycles. The molecular weight excluding hydrogens is 260 g/mol. The molecule has 0 radical (unpaired) electrons. The molecule has 0 bridgehead atoms. The Labute approximate surface area is 115 Å². The lowest BCUT2D eigenvalue weighted by Gasteiger charge is -2.09. The SMILES string of the molecule is COc1ncccc1CNc1nc(C)ccc1[N+](=O)[O-]. The lowest BCUT2D eigenvalue weighted by atomic mass is 10.2. The van der Waals surface area contributed by atoms with Crippen molar-refractivity contribution in [1.29, 1.82) is 0 Å². The third-order valence-electron chi connectivity index (χ3n) is 2.70. The van der Waals surface area contributed by atoms with Gasteiger partial charge < -0.3 is 10.1 Å². The van der Waals surface area contributed by atoms with Crippen LogP contribution in [0, 0.1) is 17.0 Å². The molecule has 0 aromatic carbocycles. The summed E-state index contributed by atoms with van der Waals surface area (Å²) in [4.78, 5) is 18.7. The van der Waals surface area contributed by atoms with Crippen molar-refractivity contribution >= 4 is 11.5 Å². The van der Waals surface area contributed by atoms with Crippen LogP contribution < -0.4 is 10.1 Å². The molecule has 0 spiro atoms. The zero-order valence-corrected chi connectivity index (χ0v) is 11.2. The molecular formula is C13H14N4O3. The van der Waals surface area contributed by atoms with E-state index in [1.807, 2.05) is 6.07 Å². The first-order chi connectivity index (χ1) is 9.61. The molecule has 7 nitrogen and oxygen atoms in total. The zero-order valence-electron chi connectivity index (χ0n) is 11.2. The van der Waals surface area contributed by atoms with E-state index in [0.29, 0.717) is 18.1 Å². The van der Waals surface area contributed by atoms with E-state index in [1.54, 1.807) is 25.3 Å². The molecule has 0 atom stereocenters. The molecule has 0 fully saturated rings. The summed E-state index contributed by atoms with van der Waals surface area (Å²) in [6.07, 6.45) is 1.62. The Balaban J connectivity index is 2.22. The smallest absolute Gasteiger partial charge is 0.311 e. The Kier molecular flexibility index (Phi) is 4.09. The molecule has 2 aromatic rings. The lowest BCUT2D eigenvalue weighted by molar-refractivity contribution is -0.384. The van der Waals surface area contributed by atoms with E-state index in [4.69, 9.17) is 4.74 Å². The molecule has 0 saturated heterocycles. The number of methoxy groups -OCH3 is 1. The molecule has 0 amide bonds. The number of nitrogens with one attached hydrogen (secondary N) is 1. The minimum absolute atomic E-state index is 0.0570. The summed E-state index contributed by atoms with van der Waals surface area (Å²) in [5.41, 5.74) is 1.45. The highest BCUT2D eigenvalue weighted by atomic mass is 16.6. The molecule has 2 heterocycles. The first-order valence-corrected chi connectivity index (χ1v) is 5.95. The minimum atomic E-state index is -0.463. The molecule has 0 aliphatic rings. The molecule has 7 heteroatoms. The van der Waals surface area contributed by atoms with Gasteiger partial charge in [-0.05, 0) is 19.1 Å². The monoisotopic (exact) mass is 274 g/mol. The number of nitrogens with zero attached hydrogens (tertiary/aromatic N) is 3. The van der Waals surface area contributed by atoms with Crippen LogP contribution in [0.15, 0.2) is 30.5 Å². The van der Waals surface area contributed by atoms with Crippen LogP contribution in [-0.4, -0.2) is 22.0 Å². The number of aryl methyl sites for hydroxylation is 1. The topological polar surface area (TPSA) is 90.2 Å². The summed E-state index contributed by atoms with van der Waals surface area (Å²) in [6.45, 7) is 2.12. The van der Waals surface area contributed by atoms with Crippen LogP contribution >= 0.6 is 0 Å². The zero-order chi connectivity index (χ0) is 14.5. The Hall–Kier alpha value is -2.70. The van der Waals surface area contributed by atoms with Crippen LogP contribution in [0.25, 0.3) is 0 Å². The van der Waals surface area contributed by atoms with E-state index < -0.39 is 4.92 Å². The van der Waals surface area contributed by atoms with Crippen LogP contribution in [0.1, 0.15) is 11.3 Å². The number of pyridine rings is 2. The average Bonchev–Trinajstić information content (AvgIpc) is 2.45. The third-order valence-corrected chi connectivity index (χ3v) is 2.70. The summed E-state index contributed by atoms with van der Waals surface area (Å²) < 4.78 is 5.13. The summed E-state index contributed by atoms with van der Waals surface area (Å²) in [5, 5.41) is 13.9. The van der Waals surface area contributed by atoms with Gasteiger partial charge in [-0.15, -0.1) is 0 Å². The molecule has 1 N–H and O–H groups in total. The first-order valence-electron chi connectivity index (χ1n) is 5.95. The van der Waals surface area contributed by atoms with E-state index >= 15 is 0 Å². The number of aromatic nitrogens is 2. The Morgan fingerprint density at radius 1 is 1.40 bits per heavy atom. The molecule has 2 rings (SSSR count). The van der Waals surface area contributed by atoms with Crippen molar-refractivity contribution in [3.63, 3.8) is 0 Å². The van der Waals surface area contributed by atoms with Gasteiger partial charge in [-0.3, -0.25) is 10.1 Å². The number of rotatable bonds is 5. The van der Waals surface area contributed by atoms with Gasteiger partial charge in [0.15, 0.2) is 0 Å². The van der Waals surface area contributed by atoms with E-state index in [2.05, 4.69) is 15.3 Å². The van der Waals surface area contributed by atoms with E-state index in [-0.39, 0.29) is 11.5 Å². The second kappa shape index (κ2) is 5.96. The fourth-order valence-corrected chi connectivity index (χ4v) is 1.75. The van der Waals surface area contributed by atoms with Crippen LogP contribution in [0.5, 0.6) is 5.88 Å². The number of ether oxygens (including phenoxy) is 1. The van der Waals surface area contributed by atoms with Crippen LogP contribution in [0.2, 0.25) is 0 Å². The van der Waals surface area contributed by atoms with Crippen LogP contribution in [0.3, 0.4) is 0 Å². The number of anilines is 1. The maximum atomic E-state index is 11.0. The van der Waals surface area contributed by atoms with Gasteiger partial charge in [0.2, 0.25) is 11.7 Å². The first kappa shape index (κ1) is 13.7. The van der Waals surface area contributed by atoms with E-state index in [1.165, 1.54) is 13.2 Å². The maximum absolute atomic E-state index is 11.0. The standard InChI is InChI=1S/C13H14N4O3/c1-9-5-6-11(17(18)19)12(16-9)15-8-10-4-3-7-14-13(10)20-2/h3-7H,8H2,1-2H3,(H,15,16). The van der Waals surface area contributed by atoms with Gasteiger partial charge in [-0.1, -0.05) is 6.07 Å². The fraction of sp³-hybridized carbons (Fsp3) is 0.231. The summed E-state index contributed by atoms with van der Waals surface area (Å²) >= 11 is 0. The second-order valence-corrected chi connectivity index (χ2v) is 4.10. The van der Waals surface area contributed by atoms with E-state index in [9.17, 15) is 10.1 Å². The summed E-state index contributed by atoms with van der Waals surface area (Å²) in [7, 11) is 1.53. The van der Waals surface area contributed by atoms with Gasteiger partial charge in [0.1, 0.15) is 0 Å². The molecule has 20 heavy (non-hydrogen) atoms. The van der Waals surface area contributed by atoms with Crippen LogP contribution in [0.4, 0.5) is 11.5 Å². The molecule has 2 aromatic heterocycles. The Bertz CT molecular complexity index is 631. The highest BCUT2D eigenvalue weighted by molar-refractivity contribution is 5.56. The predicted octanol–water partition coefficient (Wildman–Crippen LogP) is 2.31. The highest BCUT2D eigenvalue weighted by Gasteiger charge is 2.15. The number of hydrogen-bond acceptors (Lipinski definition) is 6. The maximum Gasteiger partial charge on any atom is 0.311 e. The van der Waals surface area contributed by atoms with Crippen molar-refractivity contribution in [2.24, 2.45) is 0 Å². The molecule has 0 aliphatic heterocycles. The summed E-state index contributed by atoms with van der Waals surface area (Å²) in [6, 6.07) is 6.65. The summed E-state index contributed by atoms with van der Waals surface area (Å²) in [5.74, 6) is 0.719. The van der Waals surface area contributed by atoms with Gasteiger partial charge in [0, 0.05) is 30.1 Å².